The summed E-state index contributed by atoms with van der Waals surface area (Å²) in [7, 11) is 1.23. The fraction of sp³-hybridized carbons (Fsp3) is 0.441. The number of nitrogens with zero attached hydrogens (tertiary/aromatic N) is 7. The first kappa shape index (κ1) is 33.3. The van der Waals surface area contributed by atoms with Gasteiger partial charge in [0.25, 0.3) is 0 Å². The van der Waals surface area contributed by atoms with E-state index in [2.05, 4.69) is 83.7 Å². The van der Waals surface area contributed by atoms with E-state index in [9.17, 15) is 4.79 Å². The SMILES string of the molecule is CCc1cc(Nc2ncc(Br)c(Nc3ccc4nccnc4c3P(C)C)n2)c(OC)cc1N1CCC(N2CCN(C(C)=O)CC2)CC1. The molecule has 2 aliphatic heterocycles. The molecule has 0 radical (unpaired) electrons. The summed E-state index contributed by atoms with van der Waals surface area (Å²) in [5.41, 5.74) is 6.04. The van der Waals surface area contributed by atoms with Crippen LogP contribution in [0.1, 0.15) is 32.3 Å². The van der Waals surface area contributed by atoms with Crippen molar-refractivity contribution in [2.75, 3.05) is 75.2 Å². The highest BCUT2D eigenvalue weighted by atomic mass is 79.9. The van der Waals surface area contributed by atoms with Crippen molar-refractivity contribution in [1.82, 2.24) is 29.7 Å². The number of anilines is 5. The van der Waals surface area contributed by atoms with Gasteiger partial charge in [0, 0.05) is 93.6 Å². The molecule has 0 unspecified atom stereocenters. The van der Waals surface area contributed by atoms with Gasteiger partial charge in [-0.3, -0.25) is 19.7 Å². The largest absolute Gasteiger partial charge is 0.494 e. The Morgan fingerprint density at radius 2 is 1.74 bits per heavy atom. The quantitative estimate of drug-likeness (QED) is 0.208. The summed E-state index contributed by atoms with van der Waals surface area (Å²) >= 11 is 3.64. The lowest BCUT2D eigenvalue weighted by Crippen LogP contribution is -2.54. The van der Waals surface area contributed by atoms with Crippen LogP contribution in [0.3, 0.4) is 0 Å². The van der Waals surface area contributed by atoms with Gasteiger partial charge < -0.3 is 25.2 Å². The van der Waals surface area contributed by atoms with Crippen LogP contribution in [0.5, 0.6) is 5.75 Å². The number of halogens is 1. The van der Waals surface area contributed by atoms with E-state index >= 15 is 0 Å². The van der Waals surface area contributed by atoms with Crippen LogP contribution in [0.4, 0.5) is 28.8 Å². The van der Waals surface area contributed by atoms with E-state index in [1.807, 2.05) is 17.0 Å². The minimum Gasteiger partial charge on any atom is -0.494 e. The Kier molecular flexibility index (Phi) is 10.4. The Morgan fingerprint density at radius 1 is 1.00 bits per heavy atom. The zero-order valence-corrected chi connectivity index (χ0v) is 30.2. The maximum Gasteiger partial charge on any atom is 0.229 e. The van der Waals surface area contributed by atoms with Gasteiger partial charge >= 0.3 is 0 Å². The molecule has 0 atom stereocenters. The third kappa shape index (κ3) is 7.29. The minimum atomic E-state index is -0.476. The Labute approximate surface area is 286 Å². The second-order valence-electron chi connectivity index (χ2n) is 12.2. The van der Waals surface area contributed by atoms with Crippen molar-refractivity contribution in [2.45, 2.75) is 39.2 Å². The number of piperazine rings is 1. The third-order valence-corrected chi connectivity index (χ3v) is 11.1. The summed E-state index contributed by atoms with van der Waals surface area (Å²) in [6.07, 6.45) is 8.32. The molecule has 0 saturated carbocycles. The number of nitrogens with one attached hydrogen (secondary N) is 2. The van der Waals surface area contributed by atoms with E-state index in [1.54, 1.807) is 32.6 Å². The molecule has 4 aromatic rings. The fourth-order valence-corrected chi connectivity index (χ4v) is 8.17. The highest BCUT2D eigenvalue weighted by Gasteiger charge is 2.29. The Hall–Kier alpha value is -3.60. The van der Waals surface area contributed by atoms with Gasteiger partial charge in [0.1, 0.15) is 11.6 Å². The number of aromatic nitrogens is 4. The summed E-state index contributed by atoms with van der Waals surface area (Å²) in [6.45, 7) is 13.9. The van der Waals surface area contributed by atoms with Crippen LogP contribution in [0.2, 0.25) is 0 Å². The number of ether oxygens (including phenoxy) is 1. The molecular weight excluding hydrogens is 677 g/mol. The Morgan fingerprint density at radius 3 is 2.43 bits per heavy atom. The van der Waals surface area contributed by atoms with E-state index in [1.165, 1.54) is 11.3 Å². The van der Waals surface area contributed by atoms with Gasteiger partial charge in [0.2, 0.25) is 11.9 Å². The number of hydrogen-bond acceptors (Lipinski definition) is 10. The van der Waals surface area contributed by atoms with E-state index in [0.717, 1.165) is 96.5 Å². The number of aryl methyl sites for hydroxylation is 1. The maximum atomic E-state index is 11.8. The number of fused-ring (bicyclic) bond motifs is 1. The van der Waals surface area contributed by atoms with Crippen LogP contribution in [0.15, 0.2) is 47.3 Å². The number of carbonyl (C=O) groups is 1. The number of benzene rings is 2. The number of rotatable bonds is 9. The molecular formula is C34H43BrN9O2P. The summed E-state index contributed by atoms with van der Waals surface area (Å²) in [5, 5.41) is 8.11. The molecule has 0 bridgehead atoms. The number of piperidine rings is 1. The minimum absolute atomic E-state index is 0.180. The molecule has 2 N–H and O–H groups in total. The molecule has 2 fully saturated rings. The molecule has 2 aliphatic rings. The fourth-order valence-electron chi connectivity index (χ4n) is 6.67. The first-order chi connectivity index (χ1) is 22.7. The summed E-state index contributed by atoms with van der Waals surface area (Å²) in [4.78, 5) is 37.3. The van der Waals surface area contributed by atoms with Gasteiger partial charge in [-0.25, -0.2) is 4.98 Å². The van der Waals surface area contributed by atoms with Crippen molar-refractivity contribution >= 4 is 74.9 Å². The number of amides is 1. The second kappa shape index (κ2) is 14.7. The standard InChI is InChI=1S/C34H43BrN9O2P/c1-6-23-19-28(30(46-3)20-29(23)44-13-9-24(10-14-44)43-17-15-42(16-18-43)22(2)45)40-34-38-21-25(35)33(41-34)39-27-8-7-26-31(32(27)47(4)5)37-12-11-36-26/h7-8,11-12,19-21,24H,6,9-10,13-18H2,1-5H3,(H2,38,39,40,41). The van der Waals surface area contributed by atoms with Crippen molar-refractivity contribution in [2.24, 2.45) is 0 Å². The predicted molar refractivity (Wildman–Crippen MR) is 196 cm³/mol. The highest BCUT2D eigenvalue weighted by molar-refractivity contribution is 9.10. The lowest BCUT2D eigenvalue weighted by atomic mass is 9.99. The summed E-state index contributed by atoms with van der Waals surface area (Å²) in [5.74, 6) is 2.05. The normalized spacial score (nSPS) is 16.1. The number of methoxy groups -OCH3 is 1. The van der Waals surface area contributed by atoms with E-state index in [4.69, 9.17) is 9.72 Å². The van der Waals surface area contributed by atoms with Crippen LogP contribution in [0, 0.1) is 0 Å². The van der Waals surface area contributed by atoms with Gasteiger partial charge in [0.15, 0.2) is 0 Å². The van der Waals surface area contributed by atoms with Gasteiger partial charge in [0.05, 0.1) is 28.3 Å². The number of carbonyl (C=O) groups excluding carboxylic acids is 1. The molecule has 13 heteroatoms. The molecule has 1 amide bonds. The summed E-state index contributed by atoms with van der Waals surface area (Å²) in [6, 6.07) is 8.91. The van der Waals surface area contributed by atoms with Crippen LogP contribution in [-0.4, -0.2) is 101 Å². The van der Waals surface area contributed by atoms with E-state index in [-0.39, 0.29) is 5.91 Å². The highest BCUT2D eigenvalue weighted by Crippen LogP contribution is 2.38. The average molecular weight is 721 g/mol. The monoisotopic (exact) mass is 719 g/mol. The average Bonchev–Trinajstić information content (AvgIpc) is 3.09. The van der Waals surface area contributed by atoms with Crippen molar-refractivity contribution < 1.29 is 9.53 Å². The first-order valence-corrected chi connectivity index (χ1v) is 19.2. The second-order valence-corrected chi connectivity index (χ2v) is 15.3. The number of hydrogen-bond donors (Lipinski definition) is 2. The predicted octanol–water partition coefficient (Wildman–Crippen LogP) is 5.74. The molecule has 0 spiro atoms. The molecule has 47 heavy (non-hydrogen) atoms. The van der Waals surface area contributed by atoms with Crippen molar-refractivity contribution in [3.63, 3.8) is 0 Å². The Balaban J connectivity index is 1.18. The molecule has 2 aromatic carbocycles. The van der Waals surface area contributed by atoms with E-state index in [0.29, 0.717) is 17.8 Å². The molecule has 6 rings (SSSR count). The van der Waals surface area contributed by atoms with Crippen molar-refractivity contribution in [1.29, 1.82) is 0 Å². The smallest absolute Gasteiger partial charge is 0.229 e. The van der Waals surface area contributed by atoms with Crippen LogP contribution < -0.4 is 25.6 Å². The third-order valence-electron chi connectivity index (χ3n) is 9.17. The zero-order chi connectivity index (χ0) is 33.1. The van der Waals surface area contributed by atoms with Gasteiger partial charge in [-0.15, -0.1) is 0 Å². The molecule has 248 valence electrons. The lowest BCUT2D eigenvalue weighted by molar-refractivity contribution is -0.130. The lowest BCUT2D eigenvalue weighted by Gasteiger charge is -2.43. The maximum absolute atomic E-state index is 11.8. The molecule has 2 aromatic heterocycles. The first-order valence-electron chi connectivity index (χ1n) is 16.2. The zero-order valence-electron chi connectivity index (χ0n) is 27.8. The molecule has 11 nitrogen and oxygen atoms in total. The van der Waals surface area contributed by atoms with Gasteiger partial charge in [-0.2, -0.15) is 4.98 Å². The van der Waals surface area contributed by atoms with Crippen LogP contribution in [-0.2, 0) is 11.2 Å². The van der Waals surface area contributed by atoms with Crippen LogP contribution >= 0.6 is 23.9 Å². The molecule has 2 saturated heterocycles. The molecule has 0 aliphatic carbocycles. The van der Waals surface area contributed by atoms with Crippen molar-refractivity contribution in [3.8, 4) is 5.75 Å². The van der Waals surface area contributed by atoms with Crippen molar-refractivity contribution in [3.05, 3.63) is 52.9 Å². The van der Waals surface area contributed by atoms with E-state index < -0.39 is 7.92 Å². The Bertz CT molecular complexity index is 1740. The van der Waals surface area contributed by atoms with Gasteiger partial charge in [-0.05, 0) is 72.3 Å². The van der Waals surface area contributed by atoms with Gasteiger partial charge in [-0.1, -0.05) is 14.8 Å². The molecule has 4 heterocycles. The van der Waals surface area contributed by atoms with Crippen LogP contribution in [0.25, 0.3) is 11.0 Å². The topological polar surface area (TPSA) is 112 Å². The summed E-state index contributed by atoms with van der Waals surface area (Å²) < 4.78 is 6.66.